The van der Waals surface area contributed by atoms with Crippen molar-refractivity contribution in [1.29, 1.82) is 0 Å². The molecule has 0 unspecified atom stereocenters. The first-order valence-electron chi connectivity index (χ1n) is 10.4. The zero-order chi connectivity index (χ0) is 23.8. The zero-order valence-electron chi connectivity index (χ0n) is 18.0. The number of benzene rings is 3. The number of aromatic nitrogens is 2. The van der Waals surface area contributed by atoms with E-state index in [1.807, 2.05) is 18.2 Å². The number of methoxy groups -OCH3 is 1. The van der Waals surface area contributed by atoms with E-state index in [0.717, 1.165) is 11.6 Å². The van der Waals surface area contributed by atoms with Gasteiger partial charge in [-0.1, -0.05) is 41.9 Å². The van der Waals surface area contributed by atoms with Crippen LogP contribution in [0.25, 0.3) is 5.69 Å². The van der Waals surface area contributed by atoms with Gasteiger partial charge in [0.05, 0.1) is 29.1 Å². The number of nitrogens with one attached hydrogen (secondary N) is 1. The zero-order valence-corrected chi connectivity index (χ0v) is 18.8. The molecule has 34 heavy (non-hydrogen) atoms. The van der Waals surface area contributed by atoms with Crippen molar-refractivity contribution in [2.75, 3.05) is 12.4 Å². The summed E-state index contributed by atoms with van der Waals surface area (Å²) < 4.78 is 27.9. The minimum atomic E-state index is -0.513. The average molecular weight is 480 g/mol. The fourth-order valence-electron chi connectivity index (χ4n) is 3.99. The van der Waals surface area contributed by atoms with Gasteiger partial charge in [-0.15, -0.1) is 0 Å². The molecule has 1 N–H and O–H groups in total. The largest absolute Gasteiger partial charge is 0.493 e. The predicted octanol–water partition coefficient (Wildman–Crippen LogP) is 4.78. The Balaban J connectivity index is 1.58. The number of carbonyl (C=O) groups is 1. The van der Waals surface area contributed by atoms with Crippen LogP contribution >= 0.6 is 11.6 Å². The summed E-state index contributed by atoms with van der Waals surface area (Å²) >= 11 is 6.06. The first-order valence-corrected chi connectivity index (χ1v) is 10.8. The van der Waals surface area contributed by atoms with Gasteiger partial charge in [-0.2, -0.15) is 0 Å². The van der Waals surface area contributed by atoms with E-state index in [0.29, 0.717) is 29.2 Å². The molecule has 7 nitrogen and oxygen atoms in total. The summed E-state index contributed by atoms with van der Waals surface area (Å²) in [6.45, 7) is -0.252. The molecule has 0 saturated heterocycles. The van der Waals surface area contributed by atoms with Crippen LogP contribution in [0.2, 0.25) is 5.02 Å². The second-order valence-electron chi connectivity index (χ2n) is 7.69. The van der Waals surface area contributed by atoms with Crippen LogP contribution in [0.4, 0.5) is 10.1 Å². The molecule has 0 radical (unpaired) electrons. The number of carbonyl (C=O) groups excluding carboxylic acids is 1. The number of nitrogens with zero attached hydrogens (tertiary/aromatic N) is 2. The molecule has 4 aromatic rings. The van der Waals surface area contributed by atoms with Crippen LogP contribution < -0.4 is 20.3 Å². The number of rotatable bonds is 5. The van der Waals surface area contributed by atoms with Crippen LogP contribution in [0, 0.1) is 5.82 Å². The van der Waals surface area contributed by atoms with Crippen molar-refractivity contribution in [3.05, 3.63) is 99.1 Å². The molecule has 0 aliphatic carbocycles. The molecule has 1 aromatic heterocycles. The number of para-hydroxylation sites is 2. The van der Waals surface area contributed by atoms with Crippen molar-refractivity contribution >= 4 is 23.2 Å². The second-order valence-corrected chi connectivity index (χ2v) is 8.10. The highest BCUT2D eigenvalue weighted by molar-refractivity contribution is 6.33. The fraction of sp³-hybridized carbons (Fsp3) is 0.120. The molecule has 1 aliphatic heterocycles. The van der Waals surface area contributed by atoms with E-state index >= 15 is 0 Å². The van der Waals surface area contributed by atoms with E-state index in [1.54, 1.807) is 30.3 Å². The van der Waals surface area contributed by atoms with Crippen molar-refractivity contribution in [3.8, 4) is 23.1 Å². The van der Waals surface area contributed by atoms with Crippen LogP contribution in [0.3, 0.4) is 0 Å². The standard InChI is InChI=1S/C25H19ClFN3O4/c1-33-21-9-5-6-15-12-18-24(32)30(17-7-3-2-4-8-17)29(25(18)34-23(15)21)14-22(31)28-20-11-10-16(27)13-19(20)26/h2-11,13H,12,14H2,1H3,(H,28,31). The van der Waals surface area contributed by atoms with Gasteiger partial charge in [0, 0.05) is 12.0 Å². The quantitative estimate of drug-likeness (QED) is 0.394. The molecule has 1 amide bonds. The average Bonchev–Trinajstić information content (AvgIpc) is 3.10. The van der Waals surface area contributed by atoms with E-state index in [2.05, 4.69) is 5.32 Å². The molecular weight excluding hydrogens is 461 g/mol. The summed E-state index contributed by atoms with van der Waals surface area (Å²) in [6, 6.07) is 18.1. The van der Waals surface area contributed by atoms with Gasteiger partial charge in [0.2, 0.25) is 11.8 Å². The lowest BCUT2D eigenvalue weighted by atomic mass is 10.0. The minimum Gasteiger partial charge on any atom is -0.493 e. The number of hydrogen-bond donors (Lipinski definition) is 1. The van der Waals surface area contributed by atoms with Crippen LogP contribution in [0.15, 0.2) is 71.5 Å². The van der Waals surface area contributed by atoms with Crippen LogP contribution in [0.1, 0.15) is 11.1 Å². The fourth-order valence-corrected chi connectivity index (χ4v) is 4.20. The van der Waals surface area contributed by atoms with E-state index in [1.165, 1.54) is 28.6 Å². The molecule has 0 spiro atoms. The lowest BCUT2D eigenvalue weighted by molar-refractivity contribution is -0.117. The van der Waals surface area contributed by atoms with Crippen molar-refractivity contribution < 1.29 is 18.7 Å². The van der Waals surface area contributed by atoms with E-state index < -0.39 is 11.7 Å². The van der Waals surface area contributed by atoms with Crippen molar-refractivity contribution in [2.24, 2.45) is 0 Å². The Kier molecular flexibility index (Phi) is 5.59. The number of halogens is 2. The van der Waals surface area contributed by atoms with Gasteiger partial charge in [-0.05, 0) is 36.4 Å². The Hall–Kier alpha value is -4.04. The summed E-state index contributed by atoms with van der Waals surface area (Å²) in [5, 5.41) is 2.74. The normalized spacial score (nSPS) is 11.9. The van der Waals surface area contributed by atoms with Gasteiger partial charge >= 0.3 is 0 Å². The Labute approximate surface area is 198 Å². The Morgan fingerprint density at radius 2 is 1.94 bits per heavy atom. The van der Waals surface area contributed by atoms with E-state index in [9.17, 15) is 14.0 Å². The lowest BCUT2D eigenvalue weighted by Crippen LogP contribution is -2.27. The molecule has 0 atom stereocenters. The Morgan fingerprint density at radius 1 is 1.15 bits per heavy atom. The van der Waals surface area contributed by atoms with Crippen LogP contribution in [-0.2, 0) is 17.8 Å². The highest BCUT2D eigenvalue weighted by Gasteiger charge is 2.30. The summed E-state index contributed by atoms with van der Waals surface area (Å²) in [5.74, 6) is 0.300. The van der Waals surface area contributed by atoms with Gasteiger partial charge in [-0.25, -0.2) is 13.8 Å². The minimum absolute atomic E-state index is 0.0678. The number of amides is 1. The molecule has 0 fully saturated rings. The number of ether oxygens (including phenoxy) is 2. The molecule has 2 heterocycles. The van der Waals surface area contributed by atoms with E-state index in [-0.39, 0.29) is 28.7 Å². The van der Waals surface area contributed by atoms with Crippen molar-refractivity contribution in [3.63, 3.8) is 0 Å². The monoisotopic (exact) mass is 479 g/mol. The highest BCUT2D eigenvalue weighted by Crippen LogP contribution is 2.41. The second kappa shape index (κ2) is 8.72. The predicted molar refractivity (Wildman–Crippen MR) is 126 cm³/mol. The Bertz CT molecular complexity index is 1460. The molecular formula is C25H19ClFN3O4. The summed E-state index contributed by atoms with van der Waals surface area (Å²) in [6.07, 6.45) is 0.325. The molecule has 172 valence electrons. The van der Waals surface area contributed by atoms with Gasteiger partial charge in [0.15, 0.2) is 11.5 Å². The molecule has 1 aliphatic rings. The SMILES string of the molecule is COc1cccc2c1Oc1c(c(=O)n(-c3ccccc3)n1CC(=O)Nc1ccc(F)cc1Cl)C2. The topological polar surface area (TPSA) is 74.5 Å². The number of hydrogen-bond acceptors (Lipinski definition) is 4. The van der Waals surface area contributed by atoms with E-state index in [4.69, 9.17) is 21.1 Å². The maximum Gasteiger partial charge on any atom is 0.278 e. The number of anilines is 1. The summed E-state index contributed by atoms with van der Waals surface area (Å²) in [5.41, 5.74) is 1.79. The first-order chi connectivity index (χ1) is 16.5. The Morgan fingerprint density at radius 3 is 2.68 bits per heavy atom. The van der Waals surface area contributed by atoms with Crippen LogP contribution in [0.5, 0.6) is 17.4 Å². The summed E-state index contributed by atoms with van der Waals surface area (Å²) in [7, 11) is 1.54. The maximum absolute atomic E-state index is 13.5. The number of fused-ring (bicyclic) bond motifs is 2. The summed E-state index contributed by atoms with van der Waals surface area (Å²) in [4.78, 5) is 26.5. The lowest BCUT2D eigenvalue weighted by Gasteiger charge is -2.21. The molecule has 0 saturated carbocycles. The maximum atomic E-state index is 13.5. The molecule has 5 rings (SSSR count). The molecule has 0 bridgehead atoms. The van der Waals surface area contributed by atoms with Crippen LogP contribution in [-0.4, -0.2) is 22.4 Å². The molecule has 3 aromatic carbocycles. The third kappa shape index (κ3) is 3.82. The van der Waals surface area contributed by atoms with Gasteiger partial charge in [-0.3, -0.25) is 9.59 Å². The highest BCUT2D eigenvalue weighted by atomic mass is 35.5. The molecule has 9 heteroatoms. The smallest absolute Gasteiger partial charge is 0.278 e. The van der Waals surface area contributed by atoms with Crippen molar-refractivity contribution in [2.45, 2.75) is 13.0 Å². The van der Waals surface area contributed by atoms with Crippen molar-refractivity contribution in [1.82, 2.24) is 9.36 Å². The third-order valence-corrected chi connectivity index (χ3v) is 5.84. The van der Waals surface area contributed by atoms with Gasteiger partial charge < -0.3 is 14.8 Å². The third-order valence-electron chi connectivity index (χ3n) is 5.53. The van der Waals surface area contributed by atoms with Gasteiger partial charge in [0.1, 0.15) is 12.4 Å². The first kappa shape index (κ1) is 21.8. The van der Waals surface area contributed by atoms with Gasteiger partial charge in [0.25, 0.3) is 5.56 Å².